The van der Waals surface area contributed by atoms with Crippen molar-refractivity contribution in [3.05, 3.63) is 108 Å². The summed E-state index contributed by atoms with van der Waals surface area (Å²) in [5.41, 5.74) is 1.98. The molecule has 0 atom stereocenters. The molecule has 0 bridgehead atoms. The predicted molar refractivity (Wildman–Crippen MR) is 137 cm³/mol. The Labute approximate surface area is 206 Å². The van der Waals surface area contributed by atoms with Gasteiger partial charge in [-0.3, -0.25) is 4.79 Å². The molecule has 0 fully saturated rings. The summed E-state index contributed by atoms with van der Waals surface area (Å²) >= 11 is 0. The number of carbonyl (C=O) groups is 1. The van der Waals surface area contributed by atoms with Crippen LogP contribution in [0.2, 0.25) is 0 Å². The topological polar surface area (TPSA) is 109 Å². The lowest BCUT2D eigenvalue weighted by molar-refractivity contribution is 0.102. The van der Waals surface area contributed by atoms with Gasteiger partial charge >= 0.3 is 0 Å². The zero-order valence-electron chi connectivity index (χ0n) is 19.1. The monoisotopic (exact) mass is 473 g/mol. The number of nitrogens with zero attached hydrogens (tertiary/aromatic N) is 6. The number of phenolic OH excluding ortho intramolecular Hbond substituents is 1. The van der Waals surface area contributed by atoms with E-state index in [1.807, 2.05) is 31.2 Å². The van der Waals surface area contributed by atoms with Gasteiger partial charge in [-0.25, -0.2) is 14.5 Å². The number of rotatable bonds is 5. The van der Waals surface area contributed by atoms with Crippen molar-refractivity contribution in [1.29, 1.82) is 0 Å². The molecule has 0 unspecified atom stereocenters. The molecular weight excluding hydrogens is 454 g/mol. The molecule has 0 spiro atoms. The van der Waals surface area contributed by atoms with Crippen LogP contribution >= 0.6 is 0 Å². The lowest BCUT2D eigenvalue weighted by Crippen LogP contribution is -2.12. The van der Waals surface area contributed by atoms with Crippen LogP contribution in [0, 0.1) is 13.5 Å². The Morgan fingerprint density at radius 3 is 2.58 bits per heavy atom. The van der Waals surface area contributed by atoms with Gasteiger partial charge in [-0.2, -0.15) is 5.10 Å². The average molecular weight is 473 g/mol. The second-order valence-corrected chi connectivity index (χ2v) is 7.93. The fourth-order valence-electron chi connectivity index (χ4n) is 3.71. The van der Waals surface area contributed by atoms with Gasteiger partial charge in [0.15, 0.2) is 17.4 Å². The van der Waals surface area contributed by atoms with Gasteiger partial charge in [0.25, 0.3) is 11.6 Å². The Bertz CT molecular complexity index is 1650. The Morgan fingerprint density at radius 1 is 1.06 bits per heavy atom. The summed E-state index contributed by atoms with van der Waals surface area (Å²) in [6, 6.07) is 21.5. The van der Waals surface area contributed by atoms with E-state index in [4.69, 9.17) is 6.57 Å². The highest BCUT2D eigenvalue weighted by Gasteiger charge is 2.20. The summed E-state index contributed by atoms with van der Waals surface area (Å²) < 4.78 is 1.39. The summed E-state index contributed by atoms with van der Waals surface area (Å²) in [6.07, 6.45) is 2.97. The molecule has 36 heavy (non-hydrogen) atoms. The van der Waals surface area contributed by atoms with E-state index in [1.54, 1.807) is 54.7 Å². The molecule has 2 aromatic heterocycles. The molecule has 3 aromatic carbocycles. The number of pyridine rings is 1. The highest BCUT2D eigenvalue weighted by Crippen LogP contribution is 2.39. The zero-order valence-corrected chi connectivity index (χ0v) is 19.1. The highest BCUT2D eigenvalue weighted by molar-refractivity contribution is 6.16. The number of hydrogen-bond acceptors (Lipinski definition) is 6. The highest BCUT2D eigenvalue weighted by atomic mass is 16.3. The Morgan fingerprint density at radius 2 is 1.83 bits per heavy atom. The lowest BCUT2D eigenvalue weighted by atomic mass is 10.0. The predicted octanol–water partition coefficient (Wildman–Crippen LogP) is 6.65. The normalized spacial score (nSPS) is 11.0. The van der Waals surface area contributed by atoms with Crippen LogP contribution in [0.3, 0.4) is 0 Å². The maximum atomic E-state index is 13.3. The molecule has 0 aliphatic rings. The molecular formula is C27H19N7O2. The Balaban J connectivity index is 1.59. The van der Waals surface area contributed by atoms with E-state index in [0.717, 1.165) is 5.56 Å². The van der Waals surface area contributed by atoms with E-state index in [2.05, 4.69) is 30.5 Å². The van der Waals surface area contributed by atoms with Gasteiger partial charge in [-0.1, -0.05) is 48.0 Å². The van der Waals surface area contributed by atoms with E-state index in [1.165, 1.54) is 10.9 Å². The van der Waals surface area contributed by atoms with Gasteiger partial charge in [0.2, 0.25) is 0 Å². The Kier molecular flexibility index (Phi) is 5.91. The SMILES string of the molecule is [C-]#[N+]c1cnn(-c2ccccn2)c1/N=N/c1cc2ccccc2c(C(=O)Nc2ccc(C)cc2)c1O. The molecule has 9 heteroatoms. The number of carbonyl (C=O) groups excluding carboxylic acids is 1. The minimum Gasteiger partial charge on any atom is -0.505 e. The van der Waals surface area contributed by atoms with Crippen LogP contribution in [0.25, 0.3) is 21.4 Å². The van der Waals surface area contributed by atoms with Crippen molar-refractivity contribution in [3.8, 4) is 11.6 Å². The number of fused-ring (bicyclic) bond motifs is 1. The summed E-state index contributed by atoms with van der Waals surface area (Å²) in [5.74, 6) is -0.190. The van der Waals surface area contributed by atoms with Crippen LogP contribution in [-0.4, -0.2) is 25.8 Å². The number of hydrogen-bond donors (Lipinski definition) is 2. The Hall–Kier alpha value is -5.36. The molecule has 0 aliphatic heterocycles. The van der Waals surface area contributed by atoms with Gasteiger partial charge in [0.1, 0.15) is 5.69 Å². The van der Waals surface area contributed by atoms with Crippen molar-refractivity contribution in [1.82, 2.24) is 14.8 Å². The minimum atomic E-state index is -0.482. The summed E-state index contributed by atoms with van der Waals surface area (Å²) in [7, 11) is 0. The smallest absolute Gasteiger partial charge is 0.260 e. The third-order valence-corrected chi connectivity index (χ3v) is 5.50. The van der Waals surface area contributed by atoms with Crippen LogP contribution in [0.15, 0.2) is 95.4 Å². The van der Waals surface area contributed by atoms with Crippen LogP contribution < -0.4 is 5.32 Å². The number of benzene rings is 3. The zero-order chi connectivity index (χ0) is 25.1. The van der Waals surface area contributed by atoms with Crippen molar-refractivity contribution < 1.29 is 9.90 Å². The summed E-state index contributed by atoms with van der Waals surface area (Å²) in [4.78, 5) is 21.0. The first-order valence-electron chi connectivity index (χ1n) is 11.0. The second kappa shape index (κ2) is 9.48. The van der Waals surface area contributed by atoms with Crippen LogP contribution in [0.4, 0.5) is 22.9 Å². The molecule has 2 heterocycles. The van der Waals surface area contributed by atoms with E-state index in [-0.39, 0.29) is 28.5 Å². The first kappa shape index (κ1) is 22.4. The van der Waals surface area contributed by atoms with Crippen LogP contribution in [-0.2, 0) is 0 Å². The fraction of sp³-hybridized carbons (Fsp3) is 0.0370. The maximum absolute atomic E-state index is 13.3. The number of phenols is 1. The van der Waals surface area contributed by atoms with Gasteiger partial charge in [0.05, 0.1) is 18.3 Å². The number of aromatic hydroxyl groups is 1. The largest absolute Gasteiger partial charge is 0.505 e. The number of nitrogens with one attached hydrogen (secondary N) is 1. The molecule has 0 saturated heterocycles. The van der Waals surface area contributed by atoms with Crippen molar-refractivity contribution >= 4 is 39.6 Å². The van der Waals surface area contributed by atoms with E-state index in [9.17, 15) is 9.90 Å². The molecule has 0 aliphatic carbocycles. The molecule has 174 valence electrons. The number of aromatic nitrogens is 3. The molecule has 2 N–H and O–H groups in total. The summed E-state index contributed by atoms with van der Waals surface area (Å²) in [6.45, 7) is 9.41. The number of anilines is 1. The molecule has 0 radical (unpaired) electrons. The van der Waals surface area contributed by atoms with Crippen molar-refractivity contribution in [2.45, 2.75) is 6.92 Å². The third kappa shape index (κ3) is 4.26. The lowest BCUT2D eigenvalue weighted by Gasteiger charge is -2.12. The van der Waals surface area contributed by atoms with E-state index < -0.39 is 5.91 Å². The van der Waals surface area contributed by atoms with Crippen LogP contribution in [0.5, 0.6) is 5.75 Å². The molecule has 9 nitrogen and oxygen atoms in total. The maximum Gasteiger partial charge on any atom is 0.260 e. The third-order valence-electron chi connectivity index (χ3n) is 5.50. The second-order valence-electron chi connectivity index (χ2n) is 7.93. The number of azo groups is 1. The quantitative estimate of drug-likeness (QED) is 0.220. The molecule has 1 amide bonds. The van der Waals surface area contributed by atoms with Gasteiger partial charge in [-0.05, 0) is 48.0 Å². The van der Waals surface area contributed by atoms with Crippen molar-refractivity contribution in [2.75, 3.05) is 5.32 Å². The first-order chi connectivity index (χ1) is 17.5. The fourth-order valence-corrected chi connectivity index (χ4v) is 3.71. The first-order valence-corrected chi connectivity index (χ1v) is 11.0. The number of amides is 1. The van der Waals surface area contributed by atoms with E-state index in [0.29, 0.717) is 22.3 Å². The minimum absolute atomic E-state index is 0.0752. The molecule has 5 aromatic rings. The molecule has 0 saturated carbocycles. The van der Waals surface area contributed by atoms with Gasteiger partial charge in [0, 0.05) is 11.9 Å². The van der Waals surface area contributed by atoms with Gasteiger partial charge in [-0.15, -0.1) is 10.2 Å². The summed E-state index contributed by atoms with van der Waals surface area (Å²) in [5, 5.41) is 27.9. The van der Waals surface area contributed by atoms with Gasteiger partial charge < -0.3 is 10.4 Å². The standard InChI is InChI=1S/C27H19N7O2/c1-17-10-12-19(13-11-17)31-27(36)24-20-8-4-3-7-18(20)15-21(25(24)35)32-33-26-22(28-2)16-30-34(26)23-9-5-6-14-29-23/h3-16,35H,1H3,(H,31,36)/b33-32+. The average Bonchev–Trinajstić information content (AvgIpc) is 3.32. The number of aryl methyl sites for hydroxylation is 1. The van der Waals surface area contributed by atoms with Crippen molar-refractivity contribution in [2.24, 2.45) is 10.2 Å². The van der Waals surface area contributed by atoms with Crippen molar-refractivity contribution in [3.63, 3.8) is 0 Å². The van der Waals surface area contributed by atoms with Crippen LogP contribution in [0.1, 0.15) is 15.9 Å². The molecule has 5 rings (SSSR count). The van der Waals surface area contributed by atoms with E-state index >= 15 is 0 Å².